The summed E-state index contributed by atoms with van der Waals surface area (Å²) in [5.41, 5.74) is 2.99. The Kier molecular flexibility index (Phi) is 4.68. The van der Waals surface area contributed by atoms with Crippen molar-refractivity contribution in [2.75, 3.05) is 0 Å². The molecule has 0 aromatic heterocycles. The molecule has 0 saturated carbocycles. The highest BCUT2D eigenvalue weighted by atomic mass is 32.2. The van der Waals surface area contributed by atoms with E-state index in [-0.39, 0.29) is 22.1 Å². The second-order valence-electron chi connectivity index (χ2n) is 4.00. The van der Waals surface area contributed by atoms with E-state index in [2.05, 4.69) is 10.5 Å². The number of carbonyl (C=O) groups excluding carboxylic acids is 1. The molecule has 7 heteroatoms. The molecule has 0 unspecified atom stereocenters. The lowest BCUT2D eigenvalue weighted by Crippen LogP contribution is -2.11. The van der Waals surface area contributed by atoms with Gasteiger partial charge in [-0.3, -0.25) is 4.79 Å². The highest BCUT2D eigenvalue weighted by Crippen LogP contribution is 2.31. The van der Waals surface area contributed by atoms with Gasteiger partial charge in [0.15, 0.2) is 0 Å². The van der Waals surface area contributed by atoms with Crippen molar-refractivity contribution in [1.29, 1.82) is 0 Å². The van der Waals surface area contributed by atoms with Gasteiger partial charge in [-0.2, -0.15) is 5.10 Å². The van der Waals surface area contributed by atoms with Crippen LogP contribution in [0.3, 0.4) is 0 Å². The number of nitrogens with one attached hydrogen (secondary N) is 1. The topological polar surface area (TPSA) is 102 Å². The molecule has 0 bridgehead atoms. The lowest BCUT2D eigenvalue weighted by atomic mass is 10.2. The van der Waals surface area contributed by atoms with Gasteiger partial charge in [0.1, 0.15) is 17.2 Å². The number of hydrogen-bond acceptors (Lipinski definition) is 6. The van der Waals surface area contributed by atoms with Crippen molar-refractivity contribution in [2.24, 2.45) is 5.10 Å². The van der Waals surface area contributed by atoms with Crippen LogP contribution in [0.5, 0.6) is 17.2 Å². The van der Waals surface area contributed by atoms with Crippen molar-refractivity contribution in [2.45, 2.75) is 4.90 Å². The van der Waals surface area contributed by atoms with Crippen molar-refractivity contribution in [3.05, 3.63) is 48.0 Å². The molecular weight excluding hydrogens is 292 g/mol. The van der Waals surface area contributed by atoms with Crippen LogP contribution in [0, 0.1) is 0 Å². The van der Waals surface area contributed by atoms with Gasteiger partial charge in [-0.15, -0.1) is 0 Å². The number of aromatic hydroxyl groups is 3. The summed E-state index contributed by atoms with van der Waals surface area (Å²) in [6.07, 6.45) is 1.42. The van der Waals surface area contributed by atoms with Gasteiger partial charge in [0.05, 0.1) is 11.1 Å². The molecule has 0 atom stereocenters. The monoisotopic (exact) mass is 304 g/mol. The maximum absolute atomic E-state index is 11.6. The average molecular weight is 304 g/mol. The van der Waals surface area contributed by atoms with Crippen molar-refractivity contribution < 1.29 is 20.1 Å². The van der Waals surface area contributed by atoms with Crippen molar-refractivity contribution in [1.82, 2.24) is 5.43 Å². The van der Waals surface area contributed by atoms with E-state index >= 15 is 0 Å². The second-order valence-corrected chi connectivity index (χ2v) is 5.02. The van der Waals surface area contributed by atoms with Crippen LogP contribution in [0.15, 0.2) is 52.5 Å². The smallest absolute Gasteiger partial charge is 0.304 e. The van der Waals surface area contributed by atoms with Gasteiger partial charge in [-0.1, -0.05) is 0 Å². The Hall–Kier alpha value is -2.67. The molecule has 0 aliphatic heterocycles. The zero-order chi connectivity index (χ0) is 15.2. The molecule has 0 fully saturated rings. The number of hydrazone groups is 1. The summed E-state index contributed by atoms with van der Waals surface area (Å²) in [6, 6.07) is 10.2. The molecule has 0 aliphatic rings. The minimum Gasteiger partial charge on any atom is -0.508 e. The minimum atomic E-state index is -0.508. The number of amides is 1. The summed E-state index contributed by atoms with van der Waals surface area (Å²) in [7, 11) is 0. The Bertz CT molecular complexity index is 671. The number of phenols is 3. The van der Waals surface area contributed by atoms with E-state index in [1.165, 1.54) is 36.5 Å². The highest BCUT2D eigenvalue weighted by Gasteiger charge is 2.08. The predicted octanol–water partition coefficient (Wildman–Crippen LogP) is 2.64. The Morgan fingerprint density at radius 1 is 1.05 bits per heavy atom. The van der Waals surface area contributed by atoms with Crippen LogP contribution in [-0.2, 0) is 0 Å². The molecule has 6 nitrogen and oxygen atoms in total. The number of phenolic OH excluding ortho intramolecular Hbond substituents is 3. The van der Waals surface area contributed by atoms with E-state index in [4.69, 9.17) is 5.11 Å². The van der Waals surface area contributed by atoms with Crippen LogP contribution in [-0.4, -0.2) is 26.8 Å². The minimum absolute atomic E-state index is 0.0457. The summed E-state index contributed by atoms with van der Waals surface area (Å²) >= 11 is 0.708. The quantitative estimate of drug-likeness (QED) is 0.302. The number of hydrogen-bond donors (Lipinski definition) is 4. The van der Waals surface area contributed by atoms with Crippen LogP contribution in [0.25, 0.3) is 0 Å². The van der Waals surface area contributed by atoms with Crippen LogP contribution >= 0.6 is 11.8 Å². The fourth-order valence-corrected chi connectivity index (χ4v) is 2.08. The lowest BCUT2D eigenvalue weighted by molar-refractivity contribution is 0.261. The first-order valence-electron chi connectivity index (χ1n) is 5.86. The zero-order valence-electron chi connectivity index (χ0n) is 10.7. The summed E-state index contributed by atoms with van der Waals surface area (Å²) < 4.78 is 0. The van der Waals surface area contributed by atoms with Gasteiger partial charge >= 0.3 is 5.24 Å². The molecule has 2 aromatic carbocycles. The Balaban J connectivity index is 1.93. The largest absolute Gasteiger partial charge is 0.508 e. The second kappa shape index (κ2) is 6.67. The van der Waals surface area contributed by atoms with E-state index in [0.29, 0.717) is 17.3 Å². The number of carbonyl (C=O) groups is 1. The maximum Gasteiger partial charge on any atom is 0.304 e. The molecular formula is C14H12N2O4S. The Morgan fingerprint density at radius 3 is 2.43 bits per heavy atom. The lowest BCUT2D eigenvalue weighted by Gasteiger charge is -2.03. The van der Waals surface area contributed by atoms with Crippen LogP contribution in [0.4, 0.5) is 4.79 Å². The van der Waals surface area contributed by atoms with Gasteiger partial charge in [0.25, 0.3) is 0 Å². The van der Waals surface area contributed by atoms with E-state index in [1.807, 2.05) is 0 Å². The normalized spacial score (nSPS) is 10.7. The molecule has 108 valence electrons. The molecule has 0 radical (unpaired) electrons. The average Bonchev–Trinajstić information content (AvgIpc) is 2.45. The molecule has 4 N–H and O–H groups in total. The van der Waals surface area contributed by atoms with E-state index in [1.54, 1.807) is 12.1 Å². The first-order chi connectivity index (χ1) is 10.0. The van der Waals surface area contributed by atoms with Crippen LogP contribution < -0.4 is 5.43 Å². The summed E-state index contributed by atoms with van der Waals surface area (Å²) in [4.78, 5) is 11.9. The molecule has 1 amide bonds. The number of benzene rings is 2. The van der Waals surface area contributed by atoms with Gasteiger partial charge in [0, 0.05) is 0 Å². The molecule has 0 heterocycles. The molecule has 21 heavy (non-hydrogen) atoms. The Morgan fingerprint density at radius 2 is 1.71 bits per heavy atom. The third-order valence-electron chi connectivity index (χ3n) is 2.41. The van der Waals surface area contributed by atoms with E-state index < -0.39 is 5.24 Å². The molecule has 0 aliphatic carbocycles. The highest BCUT2D eigenvalue weighted by molar-refractivity contribution is 8.13. The summed E-state index contributed by atoms with van der Waals surface area (Å²) in [6.45, 7) is 0. The third kappa shape index (κ3) is 4.43. The zero-order valence-corrected chi connectivity index (χ0v) is 11.5. The Labute approximate surface area is 124 Å². The predicted molar refractivity (Wildman–Crippen MR) is 79.9 cm³/mol. The standard InChI is InChI=1S/C14H12N2O4S/c17-10-3-1-9(2-4-10)8-15-16-14(20)21-13-7-11(18)5-6-12(13)19/h1-8,17-19H,(H,16,20)/b15-8+. The van der Waals surface area contributed by atoms with Crippen molar-refractivity contribution in [3.8, 4) is 17.2 Å². The SMILES string of the molecule is O=C(N/N=C/c1ccc(O)cc1)Sc1cc(O)ccc1O. The van der Waals surface area contributed by atoms with E-state index in [9.17, 15) is 15.0 Å². The van der Waals surface area contributed by atoms with Gasteiger partial charge in [0.2, 0.25) is 0 Å². The summed E-state index contributed by atoms with van der Waals surface area (Å²) in [5.74, 6) is -0.00254. The number of thioether (sulfide) groups is 1. The number of nitrogens with zero attached hydrogens (tertiary/aromatic N) is 1. The fourth-order valence-electron chi connectivity index (χ4n) is 1.43. The molecule has 2 rings (SSSR count). The van der Waals surface area contributed by atoms with Crippen LogP contribution in [0.2, 0.25) is 0 Å². The summed E-state index contributed by atoms with van der Waals surface area (Å²) in [5, 5.41) is 31.2. The molecule has 0 spiro atoms. The van der Waals surface area contributed by atoms with Gasteiger partial charge < -0.3 is 15.3 Å². The molecule has 2 aromatic rings. The molecule has 0 saturated heterocycles. The van der Waals surface area contributed by atoms with Gasteiger partial charge in [-0.25, -0.2) is 5.43 Å². The van der Waals surface area contributed by atoms with E-state index in [0.717, 1.165) is 0 Å². The first kappa shape index (κ1) is 14.7. The first-order valence-corrected chi connectivity index (χ1v) is 6.68. The number of rotatable bonds is 3. The van der Waals surface area contributed by atoms with Crippen molar-refractivity contribution in [3.63, 3.8) is 0 Å². The fraction of sp³-hybridized carbons (Fsp3) is 0. The van der Waals surface area contributed by atoms with Crippen molar-refractivity contribution >= 4 is 23.2 Å². The van der Waals surface area contributed by atoms with Crippen LogP contribution in [0.1, 0.15) is 5.56 Å². The van der Waals surface area contributed by atoms with Gasteiger partial charge in [-0.05, 0) is 59.8 Å². The maximum atomic E-state index is 11.6. The third-order valence-corrected chi connectivity index (χ3v) is 3.23.